The summed E-state index contributed by atoms with van der Waals surface area (Å²) in [7, 11) is 0. The lowest BCUT2D eigenvalue weighted by atomic mass is 10.0. The van der Waals surface area contributed by atoms with Crippen LogP contribution in [-0.4, -0.2) is 4.98 Å². The Hall–Kier alpha value is -2.67. The fourth-order valence-electron chi connectivity index (χ4n) is 2.22. The first-order chi connectivity index (χ1) is 12.7. The lowest BCUT2D eigenvalue weighted by molar-refractivity contribution is 1.09. The van der Waals surface area contributed by atoms with Crippen LogP contribution in [0, 0.1) is 6.92 Å². The first-order valence-corrected chi connectivity index (χ1v) is 9.34. The smallest absolute Gasteiger partial charge is 0.0711 e. The highest BCUT2D eigenvalue weighted by Crippen LogP contribution is 2.25. The summed E-state index contributed by atoms with van der Waals surface area (Å²) in [6.45, 7) is 16.3. The molecule has 0 saturated heterocycles. The molecule has 0 radical (unpaired) electrons. The molecule has 0 N–H and O–H groups in total. The second kappa shape index (κ2) is 14.7. The van der Waals surface area contributed by atoms with Crippen molar-refractivity contribution in [3.63, 3.8) is 0 Å². The Morgan fingerprint density at radius 3 is 1.58 bits per heavy atom. The molecule has 0 unspecified atom stereocenters. The molecule has 1 nitrogen and oxygen atoms in total. The summed E-state index contributed by atoms with van der Waals surface area (Å²) in [6, 6.07) is 25.0. The van der Waals surface area contributed by atoms with Gasteiger partial charge in [-0.2, -0.15) is 0 Å². The van der Waals surface area contributed by atoms with Gasteiger partial charge in [0.25, 0.3) is 0 Å². The van der Waals surface area contributed by atoms with Crippen molar-refractivity contribution in [2.45, 2.75) is 41.0 Å². The van der Waals surface area contributed by atoms with Gasteiger partial charge >= 0.3 is 0 Å². The number of nitrogens with zero attached hydrogens (tertiary/aromatic N) is 1. The molecule has 138 valence electrons. The van der Waals surface area contributed by atoms with E-state index in [0.29, 0.717) is 0 Å². The minimum atomic E-state index is 1.03. The molecule has 0 saturated carbocycles. The van der Waals surface area contributed by atoms with Crippen molar-refractivity contribution >= 4 is 0 Å². The van der Waals surface area contributed by atoms with Gasteiger partial charge in [-0.1, -0.05) is 94.8 Å². The lowest BCUT2D eigenvalue weighted by Gasteiger charge is -2.07. The molecular weight excluding hydrogens is 314 g/mol. The molecule has 26 heavy (non-hydrogen) atoms. The van der Waals surface area contributed by atoms with Gasteiger partial charge in [0.1, 0.15) is 0 Å². The van der Waals surface area contributed by atoms with Crippen LogP contribution in [-0.2, 0) is 0 Å². The zero-order valence-electron chi connectivity index (χ0n) is 17.0. The predicted octanol–water partition coefficient (Wildman–Crippen LogP) is 7.97. The molecule has 0 fully saturated rings. The third-order valence-corrected chi connectivity index (χ3v) is 3.13. The fourth-order valence-corrected chi connectivity index (χ4v) is 2.22. The van der Waals surface area contributed by atoms with E-state index in [2.05, 4.69) is 80.5 Å². The number of pyridine rings is 1. The minimum Gasteiger partial charge on any atom is -0.253 e. The van der Waals surface area contributed by atoms with Gasteiger partial charge in [0.2, 0.25) is 0 Å². The Bertz CT molecular complexity index is 645. The number of hydrogen-bond donors (Lipinski definition) is 0. The van der Waals surface area contributed by atoms with Gasteiger partial charge in [-0.3, -0.25) is 4.98 Å². The zero-order chi connectivity index (χ0) is 19.8. The van der Waals surface area contributed by atoms with Gasteiger partial charge in [0, 0.05) is 11.3 Å². The Morgan fingerprint density at radius 1 is 0.692 bits per heavy atom. The van der Waals surface area contributed by atoms with Gasteiger partial charge < -0.3 is 0 Å². The molecule has 3 aromatic rings. The fraction of sp³-hybridized carbons (Fsp3) is 0.240. The molecular formula is C25H33N. The van der Waals surface area contributed by atoms with Gasteiger partial charge in [0.15, 0.2) is 0 Å². The number of aryl methyl sites for hydroxylation is 1. The van der Waals surface area contributed by atoms with E-state index >= 15 is 0 Å². The van der Waals surface area contributed by atoms with Crippen LogP contribution >= 0.6 is 0 Å². The average Bonchev–Trinajstić information content (AvgIpc) is 2.72. The van der Waals surface area contributed by atoms with Crippen LogP contribution in [0.15, 0.2) is 86.0 Å². The zero-order valence-corrected chi connectivity index (χ0v) is 17.0. The monoisotopic (exact) mass is 347 g/mol. The second-order valence-electron chi connectivity index (χ2n) is 5.32. The summed E-state index contributed by atoms with van der Waals surface area (Å²) in [4.78, 5) is 4.63. The standard InChI is InChI=1S/C18H15N.C3H8.C2H6.C2H4/c1-14-12-17(15-8-4-2-5-9-15)13-18(19-14)16-10-6-3-7-11-16;1-3-2;2*1-2/h2-13H,1H3;3H2,1-2H3;1-2H3;1-2H2. The summed E-state index contributed by atoms with van der Waals surface area (Å²) < 4.78 is 0. The maximum Gasteiger partial charge on any atom is 0.0711 e. The van der Waals surface area contributed by atoms with Crippen LogP contribution < -0.4 is 0 Å². The largest absolute Gasteiger partial charge is 0.253 e. The first-order valence-electron chi connectivity index (χ1n) is 9.34. The van der Waals surface area contributed by atoms with Crippen molar-refractivity contribution in [1.29, 1.82) is 0 Å². The molecule has 1 aromatic heterocycles. The Balaban J connectivity index is 0.000000793. The second-order valence-corrected chi connectivity index (χ2v) is 5.32. The van der Waals surface area contributed by atoms with Crippen molar-refractivity contribution in [3.8, 4) is 22.4 Å². The van der Waals surface area contributed by atoms with Crippen LogP contribution in [0.2, 0.25) is 0 Å². The molecule has 0 atom stereocenters. The first kappa shape index (κ1) is 23.3. The molecule has 1 heteroatoms. The maximum absolute atomic E-state index is 4.63. The SMILES string of the molecule is C=C.CC.CCC.Cc1cc(-c2ccccc2)cc(-c2ccccc2)n1. The van der Waals surface area contributed by atoms with E-state index < -0.39 is 0 Å². The van der Waals surface area contributed by atoms with Crippen LogP contribution in [0.1, 0.15) is 39.8 Å². The third-order valence-electron chi connectivity index (χ3n) is 3.13. The quantitative estimate of drug-likeness (QED) is 0.428. The average molecular weight is 348 g/mol. The number of hydrogen-bond acceptors (Lipinski definition) is 1. The molecule has 0 aliphatic heterocycles. The maximum atomic E-state index is 4.63. The van der Waals surface area contributed by atoms with Crippen LogP contribution in [0.25, 0.3) is 22.4 Å². The summed E-state index contributed by atoms with van der Waals surface area (Å²) in [6.07, 6.45) is 1.25. The van der Waals surface area contributed by atoms with Gasteiger partial charge in [-0.05, 0) is 30.2 Å². The molecule has 0 spiro atoms. The minimum absolute atomic E-state index is 1.03. The highest BCUT2D eigenvalue weighted by molar-refractivity contribution is 5.70. The van der Waals surface area contributed by atoms with Crippen LogP contribution in [0.5, 0.6) is 0 Å². The van der Waals surface area contributed by atoms with Crippen molar-refractivity contribution in [3.05, 3.63) is 91.6 Å². The van der Waals surface area contributed by atoms with Crippen molar-refractivity contribution in [2.75, 3.05) is 0 Å². The normalized spacial score (nSPS) is 8.65. The molecule has 0 amide bonds. The number of benzene rings is 2. The van der Waals surface area contributed by atoms with Gasteiger partial charge in [-0.15, -0.1) is 13.2 Å². The topological polar surface area (TPSA) is 12.9 Å². The third kappa shape index (κ3) is 7.94. The predicted molar refractivity (Wildman–Crippen MR) is 118 cm³/mol. The van der Waals surface area contributed by atoms with Crippen LogP contribution in [0.3, 0.4) is 0 Å². The number of rotatable bonds is 2. The van der Waals surface area contributed by atoms with Crippen molar-refractivity contribution in [1.82, 2.24) is 4.98 Å². The Kier molecular flexibility index (Phi) is 13.1. The molecule has 3 rings (SSSR count). The van der Waals surface area contributed by atoms with Crippen molar-refractivity contribution < 1.29 is 0 Å². The molecule has 0 aliphatic carbocycles. The molecule has 2 aromatic carbocycles. The Labute approximate surface area is 160 Å². The summed E-state index contributed by atoms with van der Waals surface area (Å²) >= 11 is 0. The highest BCUT2D eigenvalue weighted by atomic mass is 14.7. The van der Waals surface area contributed by atoms with E-state index in [-0.39, 0.29) is 0 Å². The van der Waals surface area contributed by atoms with Gasteiger partial charge in [-0.25, -0.2) is 0 Å². The molecule has 0 bridgehead atoms. The van der Waals surface area contributed by atoms with Crippen LogP contribution in [0.4, 0.5) is 0 Å². The van der Waals surface area contributed by atoms with Crippen molar-refractivity contribution in [2.24, 2.45) is 0 Å². The van der Waals surface area contributed by atoms with Gasteiger partial charge in [0.05, 0.1) is 5.69 Å². The number of aromatic nitrogens is 1. The molecule has 1 heterocycles. The van der Waals surface area contributed by atoms with E-state index in [9.17, 15) is 0 Å². The summed E-state index contributed by atoms with van der Waals surface area (Å²) in [5, 5.41) is 0. The van der Waals surface area contributed by atoms with E-state index in [1.165, 1.54) is 17.5 Å². The Morgan fingerprint density at radius 2 is 1.12 bits per heavy atom. The van der Waals surface area contributed by atoms with E-state index in [4.69, 9.17) is 0 Å². The molecule has 0 aliphatic rings. The highest BCUT2D eigenvalue weighted by Gasteiger charge is 2.04. The van der Waals surface area contributed by atoms with E-state index in [0.717, 1.165) is 17.0 Å². The summed E-state index contributed by atoms with van der Waals surface area (Å²) in [5.74, 6) is 0. The summed E-state index contributed by atoms with van der Waals surface area (Å²) in [5.41, 5.74) is 5.67. The van der Waals surface area contributed by atoms with E-state index in [1.54, 1.807) is 0 Å². The lowest BCUT2D eigenvalue weighted by Crippen LogP contribution is -1.89. The van der Waals surface area contributed by atoms with E-state index in [1.807, 2.05) is 45.0 Å².